The smallest absolute Gasteiger partial charge is 0.310 e. The fraction of sp³-hybridized carbons (Fsp3) is 0.0909. The number of hydrogen-bond donors (Lipinski definition) is 1. The van der Waals surface area contributed by atoms with E-state index in [1.165, 1.54) is 18.4 Å². The fourth-order valence-electron chi connectivity index (χ4n) is 3.26. The van der Waals surface area contributed by atoms with Crippen LogP contribution in [0.5, 0.6) is 0 Å². The van der Waals surface area contributed by atoms with Crippen molar-refractivity contribution in [2.45, 2.75) is 6.42 Å². The van der Waals surface area contributed by atoms with E-state index in [1.54, 1.807) is 0 Å². The molecule has 4 aromatic rings. The lowest BCUT2D eigenvalue weighted by Crippen LogP contribution is -2.21. The number of non-ortho nitro benzene ring substituents is 1. The number of carbonyl (C=O) groups excluding carboxylic acids is 2. The highest BCUT2D eigenvalue weighted by atomic mass is 35.5. The minimum Gasteiger partial charge on any atom is -0.464 e. The van der Waals surface area contributed by atoms with Gasteiger partial charge < -0.3 is 14.5 Å². The molecule has 0 aliphatic carbocycles. The van der Waals surface area contributed by atoms with Crippen molar-refractivity contribution in [3.8, 4) is 0 Å². The summed E-state index contributed by atoms with van der Waals surface area (Å²) >= 11 is 5.94. The number of nitrogens with one attached hydrogen (secondary N) is 1. The fourth-order valence-corrected chi connectivity index (χ4v) is 3.48. The number of esters is 1. The molecule has 4 rings (SSSR count). The first-order valence-corrected chi connectivity index (χ1v) is 9.57. The molecule has 0 fully saturated rings. The molecule has 1 N–H and O–H groups in total. The number of halogens is 1. The largest absolute Gasteiger partial charge is 0.464 e. The first kappa shape index (κ1) is 20.4. The van der Waals surface area contributed by atoms with Gasteiger partial charge in [-0.05, 0) is 22.9 Å². The maximum atomic E-state index is 12.3. The van der Waals surface area contributed by atoms with Crippen molar-refractivity contribution in [2.24, 2.45) is 0 Å². The van der Waals surface area contributed by atoms with Crippen molar-refractivity contribution in [2.75, 3.05) is 11.9 Å². The van der Waals surface area contributed by atoms with E-state index in [-0.39, 0.29) is 22.8 Å². The van der Waals surface area contributed by atoms with Crippen LogP contribution in [0.4, 0.5) is 11.4 Å². The molecule has 0 saturated heterocycles. The number of furan rings is 1. The summed E-state index contributed by atoms with van der Waals surface area (Å²) in [6.45, 7) is -0.525. The first-order chi connectivity index (χ1) is 14.9. The normalized spacial score (nSPS) is 10.9. The Kier molecular flexibility index (Phi) is 5.55. The van der Waals surface area contributed by atoms with Gasteiger partial charge in [-0.1, -0.05) is 41.9 Å². The summed E-state index contributed by atoms with van der Waals surface area (Å²) in [5, 5.41) is 16.0. The molecular formula is C22H15ClN2O6. The molecule has 0 aliphatic heterocycles. The van der Waals surface area contributed by atoms with Gasteiger partial charge in [-0.15, -0.1) is 0 Å². The molecule has 1 amide bonds. The van der Waals surface area contributed by atoms with Gasteiger partial charge in [0.25, 0.3) is 11.6 Å². The van der Waals surface area contributed by atoms with Crippen LogP contribution >= 0.6 is 11.6 Å². The quantitative estimate of drug-likeness (QED) is 0.261. The van der Waals surface area contributed by atoms with Crippen molar-refractivity contribution in [1.82, 2.24) is 0 Å². The summed E-state index contributed by atoms with van der Waals surface area (Å²) in [5.41, 5.74) is 1.30. The Morgan fingerprint density at radius 3 is 2.71 bits per heavy atom. The van der Waals surface area contributed by atoms with Gasteiger partial charge in [-0.2, -0.15) is 0 Å². The molecule has 0 saturated carbocycles. The molecule has 0 unspecified atom stereocenters. The Morgan fingerprint density at radius 2 is 1.94 bits per heavy atom. The van der Waals surface area contributed by atoms with Gasteiger partial charge in [0.05, 0.1) is 28.3 Å². The van der Waals surface area contributed by atoms with Crippen molar-refractivity contribution in [3.05, 3.63) is 81.6 Å². The summed E-state index contributed by atoms with van der Waals surface area (Å²) in [6, 6.07) is 15.2. The molecule has 0 radical (unpaired) electrons. The standard InChI is InChI=1S/C22H15ClN2O6/c23-17-10-15(25(28)29)6-7-18(17)24-20(26)12-31-21(27)9-14-11-30-19-8-5-13-3-1-2-4-16(13)22(14)19/h1-8,10-11H,9,12H2,(H,24,26). The van der Waals surface area contributed by atoms with Crippen LogP contribution < -0.4 is 5.32 Å². The molecule has 31 heavy (non-hydrogen) atoms. The molecule has 0 spiro atoms. The van der Waals surface area contributed by atoms with E-state index in [0.717, 1.165) is 22.2 Å². The zero-order valence-corrected chi connectivity index (χ0v) is 16.7. The van der Waals surface area contributed by atoms with Crippen molar-refractivity contribution >= 4 is 56.6 Å². The highest BCUT2D eigenvalue weighted by Gasteiger charge is 2.16. The lowest BCUT2D eigenvalue weighted by atomic mass is 10.0. The van der Waals surface area contributed by atoms with Crippen LogP contribution in [0.15, 0.2) is 65.3 Å². The van der Waals surface area contributed by atoms with Gasteiger partial charge in [-0.3, -0.25) is 19.7 Å². The van der Waals surface area contributed by atoms with Crippen molar-refractivity contribution in [1.29, 1.82) is 0 Å². The average Bonchev–Trinajstić information content (AvgIpc) is 3.17. The van der Waals surface area contributed by atoms with E-state index in [2.05, 4.69) is 5.32 Å². The van der Waals surface area contributed by atoms with Crippen molar-refractivity contribution in [3.63, 3.8) is 0 Å². The minimum atomic E-state index is -0.619. The topological polar surface area (TPSA) is 112 Å². The minimum absolute atomic E-state index is 0.00521. The first-order valence-electron chi connectivity index (χ1n) is 9.19. The Labute approximate surface area is 180 Å². The highest BCUT2D eigenvalue weighted by molar-refractivity contribution is 6.34. The highest BCUT2D eigenvalue weighted by Crippen LogP contribution is 2.30. The van der Waals surface area contributed by atoms with Crippen LogP contribution in [0, 0.1) is 10.1 Å². The Hall–Kier alpha value is -3.91. The number of hydrogen-bond acceptors (Lipinski definition) is 6. The van der Waals surface area contributed by atoms with Crippen LogP contribution in [-0.4, -0.2) is 23.4 Å². The second-order valence-corrected chi connectivity index (χ2v) is 7.13. The number of benzene rings is 3. The molecule has 1 aromatic heterocycles. The van der Waals surface area contributed by atoms with E-state index in [4.69, 9.17) is 20.8 Å². The van der Waals surface area contributed by atoms with Gasteiger partial charge in [0.1, 0.15) is 5.58 Å². The number of nitro groups is 1. The summed E-state index contributed by atoms with van der Waals surface area (Å²) in [5.74, 6) is -1.22. The molecule has 1 heterocycles. The van der Waals surface area contributed by atoms with E-state index in [1.807, 2.05) is 36.4 Å². The molecule has 3 aromatic carbocycles. The molecule has 0 bridgehead atoms. The van der Waals surface area contributed by atoms with Gasteiger partial charge in [0, 0.05) is 23.1 Å². The second-order valence-electron chi connectivity index (χ2n) is 6.73. The Morgan fingerprint density at radius 1 is 1.13 bits per heavy atom. The number of ether oxygens (including phenoxy) is 1. The summed E-state index contributed by atoms with van der Waals surface area (Å²) in [4.78, 5) is 34.5. The maximum absolute atomic E-state index is 12.3. The van der Waals surface area contributed by atoms with Crippen LogP contribution in [0.2, 0.25) is 5.02 Å². The third kappa shape index (κ3) is 4.34. The van der Waals surface area contributed by atoms with Crippen molar-refractivity contribution < 1.29 is 23.7 Å². The summed E-state index contributed by atoms with van der Waals surface area (Å²) in [6.07, 6.45) is 1.45. The Balaban J connectivity index is 1.40. The van der Waals surface area contributed by atoms with E-state index >= 15 is 0 Å². The lowest BCUT2D eigenvalue weighted by molar-refractivity contribution is -0.384. The number of nitro benzene ring substituents is 1. The maximum Gasteiger partial charge on any atom is 0.310 e. The second kappa shape index (κ2) is 8.45. The van der Waals surface area contributed by atoms with Crippen LogP contribution in [0.25, 0.3) is 21.7 Å². The van der Waals surface area contributed by atoms with Gasteiger partial charge >= 0.3 is 5.97 Å². The van der Waals surface area contributed by atoms with Gasteiger partial charge in [0.15, 0.2) is 6.61 Å². The molecule has 156 valence electrons. The number of anilines is 1. The number of fused-ring (bicyclic) bond motifs is 3. The zero-order chi connectivity index (χ0) is 22.0. The summed E-state index contributed by atoms with van der Waals surface area (Å²) in [7, 11) is 0. The molecule has 9 heteroatoms. The summed E-state index contributed by atoms with van der Waals surface area (Å²) < 4.78 is 10.6. The SMILES string of the molecule is O=C(COC(=O)Cc1coc2ccc3ccccc3c12)Nc1ccc([N+](=O)[O-])cc1Cl. The molecule has 0 atom stereocenters. The molecule has 8 nitrogen and oxygen atoms in total. The van der Waals surface area contributed by atoms with Crippen LogP contribution in [0.1, 0.15) is 5.56 Å². The molecule has 0 aliphatic rings. The van der Waals surface area contributed by atoms with E-state index < -0.39 is 23.4 Å². The van der Waals surface area contributed by atoms with E-state index in [9.17, 15) is 19.7 Å². The number of carbonyl (C=O) groups is 2. The predicted molar refractivity (Wildman–Crippen MR) is 115 cm³/mol. The number of rotatable bonds is 6. The third-order valence-corrected chi connectivity index (χ3v) is 4.99. The van der Waals surface area contributed by atoms with Gasteiger partial charge in [0.2, 0.25) is 0 Å². The van der Waals surface area contributed by atoms with Gasteiger partial charge in [-0.25, -0.2) is 0 Å². The van der Waals surface area contributed by atoms with Crippen LogP contribution in [0.3, 0.4) is 0 Å². The molecular weight excluding hydrogens is 424 g/mol. The predicted octanol–water partition coefficient (Wildman–Crippen LogP) is 4.87. The monoisotopic (exact) mass is 438 g/mol. The van der Waals surface area contributed by atoms with E-state index in [0.29, 0.717) is 11.1 Å². The number of amides is 1. The average molecular weight is 439 g/mol. The van der Waals surface area contributed by atoms with Crippen LogP contribution in [-0.2, 0) is 20.7 Å². The third-order valence-electron chi connectivity index (χ3n) is 4.68. The number of nitrogens with zero attached hydrogens (tertiary/aromatic N) is 1. The lowest BCUT2D eigenvalue weighted by Gasteiger charge is -2.08. The Bertz CT molecular complexity index is 1330. The zero-order valence-electron chi connectivity index (χ0n) is 16.0.